The molecule has 0 radical (unpaired) electrons. The van der Waals surface area contributed by atoms with Gasteiger partial charge in [0.1, 0.15) is 10.8 Å². The molecule has 1 atom stereocenters. The summed E-state index contributed by atoms with van der Waals surface area (Å²) < 4.78 is 5.57. The number of hydrogen-bond acceptors (Lipinski definition) is 5. The highest BCUT2D eigenvalue weighted by Gasteiger charge is 2.25. The van der Waals surface area contributed by atoms with Crippen molar-refractivity contribution in [2.75, 3.05) is 13.2 Å². The van der Waals surface area contributed by atoms with E-state index in [0.717, 1.165) is 24.4 Å². The molecule has 23 heavy (non-hydrogen) atoms. The molecule has 1 saturated heterocycles. The highest BCUT2D eigenvalue weighted by atomic mass is 32.1. The van der Waals surface area contributed by atoms with Gasteiger partial charge in [0.05, 0.1) is 19.3 Å². The van der Waals surface area contributed by atoms with Crippen LogP contribution >= 0.6 is 11.3 Å². The van der Waals surface area contributed by atoms with Crippen molar-refractivity contribution >= 4 is 11.3 Å². The highest BCUT2D eigenvalue weighted by molar-refractivity contribution is 7.09. The molecule has 1 aliphatic rings. The van der Waals surface area contributed by atoms with Crippen LogP contribution in [0.2, 0.25) is 0 Å². The zero-order valence-electron chi connectivity index (χ0n) is 13.6. The molecule has 0 spiro atoms. The van der Waals surface area contributed by atoms with E-state index in [9.17, 15) is 5.11 Å². The maximum Gasteiger partial charge on any atom is 0.124 e. The smallest absolute Gasteiger partial charge is 0.124 e. The van der Waals surface area contributed by atoms with E-state index in [1.807, 2.05) is 19.2 Å². The molecule has 0 saturated carbocycles. The lowest BCUT2D eigenvalue weighted by molar-refractivity contribution is 0.140. The molecule has 1 N–H and O–H groups in total. The number of aliphatic hydroxyl groups is 1. The summed E-state index contributed by atoms with van der Waals surface area (Å²) in [5, 5.41) is 12.9. The molecule has 1 aromatic carbocycles. The van der Waals surface area contributed by atoms with Crippen LogP contribution in [-0.4, -0.2) is 28.1 Å². The number of aromatic nitrogens is 1. The largest absolute Gasteiger partial charge is 0.494 e. The normalized spacial score (nSPS) is 19.0. The third kappa shape index (κ3) is 3.91. The van der Waals surface area contributed by atoms with Gasteiger partial charge in [-0.05, 0) is 44.0 Å². The second-order valence-corrected chi connectivity index (χ2v) is 6.81. The standard InChI is InChI=1S/C18H24N2O2S/c1-2-22-17-7-6-14(11-15(17)13-21)12-20-9-4-3-5-16(20)18-19-8-10-23-18/h6-8,10-11,16,21H,2-5,9,12-13H2,1H3. The van der Waals surface area contributed by atoms with E-state index in [1.54, 1.807) is 11.3 Å². The van der Waals surface area contributed by atoms with Crippen LogP contribution in [0.4, 0.5) is 0 Å². The Morgan fingerprint density at radius 2 is 2.30 bits per heavy atom. The molecule has 0 aliphatic carbocycles. The second-order valence-electron chi connectivity index (χ2n) is 5.89. The zero-order valence-corrected chi connectivity index (χ0v) is 14.4. The molecule has 4 nitrogen and oxygen atoms in total. The average Bonchev–Trinajstić information content (AvgIpc) is 3.11. The van der Waals surface area contributed by atoms with Crippen molar-refractivity contribution in [2.45, 2.75) is 45.4 Å². The monoisotopic (exact) mass is 332 g/mol. The van der Waals surface area contributed by atoms with Crippen molar-refractivity contribution in [1.29, 1.82) is 0 Å². The van der Waals surface area contributed by atoms with Crippen LogP contribution in [-0.2, 0) is 13.2 Å². The van der Waals surface area contributed by atoms with Crippen LogP contribution in [0.25, 0.3) is 0 Å². The van der Waals surface area contributed by atoms with Crippen LogP contribution in [0.1, 0.15) is 48.4 Å². The van der Waals surface area contributed by atoms with Crippen molar-refractivity contribution in [3.63, 3.8) is 0 Å². The fraction of sp³-hybridized carbons (Fsp3) is 0.500. The molecular formula is C18H24N2O2S. The molecule has 1 unspecified atom stereocenters. The summed E-state index contributed by atoms with van der Waals surface area (Å²) >= 11 is 1.75. The van der Waals surface area contributed by atoms with Gasteiger partial charge in [0, 0.05) is 23.7 Å². The minimum atomic E-state index is 0.0130. The van der Waals surface area contributed by atoms with Crippen molar-refractivity contribution < 1.29 is 9.84 Å². The first kappa shape index (κ1) is 16.4. The minimum absolute atomic E-state index is 0.0130. The molecule has 1 aliphatic heterocycles. The summed E-state index contributed by atoms with van der Waals surface area (Å²) in [7, 11) is 0. The molecule has 2 aromatic rings. The van der Waals surface area contributed by atoms with E-state index >= 15 is 0 Å². The van der Waals surface area contributed by atoms with E-state index in [0.29, 0.717) is 12.6 Å². The Bertz CT molecular complexity index is 615. The van der Waals surface area contributed by atoms with Crippen LogP contribution in [0.3, 0.4) is 0 Å². The number of piperidine rings is 1. The van der Waals surface area contributed by atoms with E-state index in [-0.39, 0.29) is 6.61 Å². The summed E-state index contributed by atoms with van der Waals surface area (Å²) in [6.45, 7) is 4.58. The van der Waals surface area contributed by atoms with E-state index in [2.05, 4.69) is 27.4 Å². The summed E-state index contributed by atoms with van der Waals surface area (Å²) in [6.07, 6.45) is 5.59. The maximum absolute atomic E-state index is 9.58. The summed E-state index contributed by atoms with van der Waals surface area (Å²) in [5.74, 6) is 0.786. The van der Waals surface area contributed by atoms with Gasteiger partial charge in [-0.25, -0.2) is 4.98 Å². The van der Waals surface area contributed by atoms with E-state index < -0.39 is 0 Å². The lowest BCUT2D eigenvalue weighted by atomic mass is 10.0. The number of benzene rings is 1. The van der Waals surface area contributed by atoms with Gasteiger partial charge in [-0.3, -0.25) is 4.90 Å². The molecule has 5 heteroatoms. The molecule has 0 bridgehead atoms. The van der Waals surface area contributed by atoms with Gasteiger partial charge >= 0.3 is 0 Å². The first-order valence-corrected chi connectivity index (χ1v) is 9.18. The minimum Gasteiger partial charge on any atom is -0.494 e. The second kappa shape index (κ2) is 7.90. The van der Waals surface area contributed by atoms with Crippen LogP contribution in [0.15, 0.2) is 29.8 Å². The Balaban J connectivity index is 1.76. The predicted octanol–water partition coefficient (Wildman–Crippen LogP) is 3.76. The molecular weight excluding hydrogens is 308 g/mol. The highest BCUT2D eigenvalue weighted by Crippen LogP contribution is 2.33. The lowest BCUT2D eigenvalue weighted by Gasteiger charge is -2.34. The number of aliphatic hydroxyl groups excluding tert-OH is 1. The van der Waals surface area contributed by atoms with Crippen LogP contribution in [0.5, 0.6) is 5.75 Å². The van der Waals surface area contributed by atoms with Crippen LogP contribution < -0.4 is 4.74 Å². The average molecular weight is 332 g/mol. The van der Waals surface area contributed by atoms with Gasteiger partial charge in [-0.15, -0.1) is 11.3 Å². The molecule has 1 fully saturated rings. The SMILES string of the molecule is CCOc1ccc(CN2CCCCC2c2nccs2)cc1CO. The molecule has 124 valence electrons. The van der Waals surface area contributed by atoms with Gasteiger partial charge in [0.15, 0.2) is 0 Å². The van der Waals surface area contributed by atoms with Gasteiger partial charge < -0.3 is 9.84 Å². The number of thiazole rings is 1. The van der Waals surface area contributed by atoms with Crippen molar-refractivity contribution in [3.05, 3.63) is 45.9 Å². The first-order chi connectivity index (χ1) is 11.3. The van der Waals surface area contributed by atoms with Gasteiger partial charge in [0.2, 0.25) is 0 Å². The summed E-state index contributed by atoms with van der Waals surface area (Å²) in [6, 6.07) is 6.58. The maximum atomic E-state index is 9.58. The van der Waals surface area contributed by atoms with E-state index in [1.165, 1.54) is 29.8 Å². The Labute approximate surface area is 141 Å². The van der Waals surface area contributed by atoms with Gasteiger partial charge in [-0.1, -0.05) is 12.5 Å². The number of likely N-dealkylation sites (tertiary alicyclic amines) is 1. The van der Waals surface area contributed by atoms with Crippen molar-refractivity contribution in [1.82, 2.24) is 9.88 Å². The number of rotatable bonds is 6. The summed E-state index contributed by atoms with van der Waals surface area (Å²) in [5.41, 5.74) is 2.09. The number of hydrogen-bond donors (Lipinski definition) is 1. The van der Waals surface area contributed by atoms with Crippen LogP contribution in [0, 0.1) is 0 Å². The fourth-order valence-electron chi connectivity index (χ4n) is 3.24. The molecule has 1 aromatic heterocycles. The Morgan fingerprint density at radius 3 is 3.04 bits per heavy atom. The molecule has 2 heterocycles. The lowest BCUT2D eigenvalue weighted by Crippen LogP contribution is -2.32. The predicted molar refractivity (Wildman–Crippen MR) is 92.6 cm³/mol. The molecule has 0 amide bonds. The van der Waals surface area contributed by atoms with Crippen molar-refractivity contribution in [3.8, 4) is 5.75 Å². The summed E-state index contributed by atoms with van der Waals surface area (Å²) in [4.78, 5) is 7.03. The number of nitrogens with zero attached hydrogens (tertiary/aromatic N) is 2. The fourth-order valence-corrected chi connectivity index (χ4v) is 4.05. The third-order valence-electron chi connectivity index (χ3n) is 4.33. The Morgan fingerprint density at radius 1 is 1.39 bits per heavy atom. The zero-order chi connectivity index (χ0) is 16.1. The van der Waals surface area contributed by atoms with E-state index in [4.69, 9.17) is 4.74 Å². The third-order valence-corrected chi connectivity index (χ3v) is 5.21. The van der Waals surface area contributed by atoms with Gasteiger partial charge in [0.25, 0.3) is 0 Å². The topological polar surface area (TPSA) is 45.6 Å². The Hall–Kier alpha value is -1.43. The number of ether oxygens (including phenoxy) is 1. The first-order valence-electron chi connectivity index (χ1n) is 8.30. The quantitative estimate of drug-likeness (QED) is 0.875. The Kier molecular flexibility index (Phi) is 5.65. The van der Waals surface area contributed by atoms with Crippen molar-refractivity contribution in [2.24, 2.45) is 0 Å². The molecule has 3 rings (SSSR count). The van der Waals surface area contributed by atoms with Gasteiger partial charge in [-0.2, -0.15) is 0 Å².